The Hall–Kier alpha value is -1.78. The van der Waals surface area contributed by atoms with Crippen molar-refractivity contribution < 1.29 is 0 Å². The van der Waals surface area contributed by atoms with Crippen LogP contribution in [0.3, 0.4) is 0 Å². The summed E-state index contributed by atoms with van der Waals surface area (Å²) in [6, 6.07) is 15.8. The highest BCUT2D eigenvalue weighted by atomic mass is 79.9. The van der Waals surface area contributed by atoms with Crippen molar-refractivity contribution in [3.8, 4) is 5.69 Å². The Kier molecular flexibility index (Phi) is 4.27. The van der Waals surface area contributed by atoms with E-state index in [0.29, 0.717) is 11.6 Å². The highest BCUT2D eigenvalue weighted by Gasteiger charge is 2.07. The van der Waals surface area contributed by atoms with Crippen LogP contribution < -0.4 is 5.32 Å². The van der Waals surface area contributed by atoms with Crippen LogP contribution >= 0.6 is 27.5 Å². The van der Waals surface area contributed by atoms with E-state index in [1.165, 1.54) is 5.56 Å². The SMILES string of the molecule is Clc1ccc(-n2cccn2)c(NCc2ccccc2Br)c1. The number of hydrogen-bond acceptors (Lipinski definition) is 2. The molecule has 21 heavy (non-hydrogen) atoms. The fraction of sp³-hybridized carbons (Fsp3) is 0.0625. The summed E-state index contributed by atoms with van der Waals surface area (Å²) in [6.07, 6.45) is 3.67. The predicted molar refractivity (Wildman–Crippen MR) is 90.0 cm³/mol. The van der Waals surface area contributed by atoms with Crippen LogP contribution in [-0.2, 0) is 6.54 Å². The number of hydrogen-bond donors (Lipinski definition) is 1. The van der Waals surface area contributed by atoms with Crippen LogP contribution in [0.15, 0.2) is 65.4 Å². The van der Waals surface area contributed by atoms with Gasteiger partial charge in [0.2, 0.25) is 0 Å². The van der Waals surface area contributed by atoms with Crippen molar-refractivity contribution in [1.82, 2.24) is 9.78 Å². The van der Waals surface area contributed by atoms with Gasteiger partial charge in [-0.25, -0.2) is 4.68 Å². The zero-order valence-corrected chi connectivity index (χ0v) is 13.5. The number of anilines is 1. The summed E-state index contributed by atoms with van der Waals surface area (Å²) >= 11 is 9.67. The molecule has 0 amide bonds. The van der Waals surface area contributed by atoms with Crippen molar-refractivity contribution in [2.45, 2.75) is 6.54 Å². The molecule has 1 heterocycles. The molecule has 0 saturated carbocycles. The first kappa shape index (κ1) is 14.2. The van der Waals surface area contributed by atoms with Gasteiger partial charge in [0, 0.05) is 28.4 Å². The van der Waals surface area contributed by atoms with E-state index in [9.17, 15) is 0 Å². The summed E-state index contributed by atoms with van der Waals surface area (Å²) < 4.78 is 2.90. The molecule has 0 bridgehead atoms. The summed E-state index contributed by atoms with van der Waals surface area (Å²) in [4.78, 5) is 0. The molecule has 0 aliphatic heterocycles. The summed E-state index contributed by atoms with van der Waals surface area (Å²) in [6.45, 7) is 0.704. The Morgan fingerprint density at radius 1 is 1.14 bits per heavy atom. The molecule has 106 valence electrons. The molecular weight excluding hydrogens is 350 g/mol. The van der Waals surface area contributed by atoms with Crippen molar-refractivity contribution in [1.29, 1.82) is 0 Å². The highest BCUT2D eigenvalue weighted by molar-refractivity contribution is 9.10. The van der Waals surface area contributed by atoms with Gasteiger partial charge in [0.25, 0.3) is 0 Å². The molecular formula is C16H13BrClN3. The standard InChI is InChI=1S/C16H13BrClN3/c17-14-5-2-1-4-12(14)11-19-15-10-13(18)6-7-16(15)21-9-3-8-20-21/h1-10,19H,11H2. The van der Waals surface area contributed by atoms with Crippen LogP contribution in [0.5, 0.6) is 0 Å². The lowest BCUT2D eigenvalue weighted by molar-refractivity contribution is 0.879. The van der Waals surface area contributed by atoms with Crippen LogP contribution in [0, 0.1) is 0 Å². The highest BCUT2D eigenvalue weighted by Crippen LogP contribution is 2.25. The van der Waals surface area contributed by atoms with Crippen LogP contribution in [0.2, 0.25) is 5.02 Å². The molecule has 0 fully saturated rings. The molecule has 0 aliphatic carbocycles. The molecule has 0 unspecified atom stereocenters. The fourth-order valence-corrected chi connectivity index (χ4v) is 2.69. The first-order chi connectivity index (χ1) is 10.2. The smallest absolute Gasteiger partial charge is 0.0877 e. The third-order valence-electron chi connectivity index (χ3n) is 3.14. The lowest BCUT2D eigenvalue weighted by Gasteiger charge is -2.13. The van der Waals surface area contributed by atoms with E-state index in [1.807, 2.05) is 53.3 Å². The molecule has 0 radical (unpaired) electrons. The first-order valence-electron chi connectivity index (χ1n) is 6.51. The van der Waals surface area contributed by atoms with Crippen molar-refractivity contribution >= 4 is 33.2 Å². The number of rotatable bonds is 4. The van der Waals surface area contributed by atoms with Gasteiger partial charge in [-0.05, 0) is 35.9 Å². The zero-order valence-electron chi connectivity index (χ0n) is 11.1. The van der Waals surface area contributed by atoms with E-state index in [2.05, 4.69) is 32.4 Å². The van der Waals surface area contributed by atoms with E-state index < -0.39 is 0 Å². The minimum Gasteiger partial charge on any atom is -0.379 e. The second-order valence-electron chi connectivity index (χ2n) is 4.56. The number of halogens is 2. The summed E-state index contributed by atoms with van der Waals surface area (Å²) in [5.74, 6) is 0. The van der Waals surface area contributed by atoms with Crippen LogP contribution in [0.1, 0.15) is 5.56 Å². The van der Waals surface area contributed by atoms with Gasteiger partial charge < -0.3 is 5.32 Å². The third-order valence-corrected chi connectivity index (χ3v) is 4.15. The molecule has 0 atom stereocenters. The third kappa shape index (κ3) is 3.28. The topological polar surface area (TPSA) is 29.9 Å². The summed E-state index contributed by atoms with van der Waals surface area (Å²) in [7, 11) is 0. The Morgan fingerprint density at radius 2 is 2.00 bits per heavy atom. The van der Waals surface area contributed by atoms with Crippen molar-refractivity contribution in [2.75, 3.05) is 5.32 Å². The Balaban J connectivity index is 1.88. The number of nitrogens with one attached hydrogen (secondary N) is 1. The normalized spacial score (nSPS) is 10.6. The summed E-state index contributed by atoms with van der Waals surface area (Å²) in [5.41, 5.74) is 3.10. The molecule has 0 spiro atoms. The van der Waals surface area contributed by atoms with Gasteiger partial charge in [0.15, 0.2) is 0 Å². The quantitative estimate of drug-likeness (QED) is 0.715. The lowest BCUT2D eigenvalue weighted by atomic mass is 10.2. The molecule has 1 N–H and O–H groups in total. The van der Waals surface area contributed by atoms with E-state index in [1.54, 1.807) is 6.20 Å². The van der Waals surface area contributed by atoms with Crippen molar-refractivity contribution in [3.63, 3.8) is 0 Å². The minimum absolute atomic E-state index is 0.695. The van der Waals surface area contributed by atoms with Gasteiger partial charge in [0.1, 0.15) is 0 Å². The Labute approximate surface area is 136 Å². The maximum atomic E-state index is 6.11. The van der Waals surface area contributed by atoms with Gasteiger partial charge in [-0.3, -0.25) is 0 Å². The van der Waals surface area contributed by atoms with Crippen LogP contribution in [0.25, 0.3) is 5.69 Å². The lowest BCUT2D eigenvalue weighted by Crippen LogP contribution is -2.05. The maximum Gasteiger partial charge on any atom is 0.0877 e. The van der Waals surface area contributed by atoms with Crippen LogP contribution in [0.4, 0.5) is 5.69 Å². The monoisotopic (exact) mass is 361 g/mol. The Morgan fingerprint density at radius 3 is 2.76 bits per heavy atom. The summed E-state index contributed by atoms with van der Waals surface area (Å²) in [5, 5.41) is 8.39. The van der Waals surface area contributed by atoms with Crippen molar-refractivity contribution in [3.05, 3.63) is 76.0 Å². The molecule has 3 nitrogen and oxygen atoms in total. The average Bonchev–Trinajstić information content (AvgIpc) is 3.00. The van der Waals surface area contributed by atoms with E-state index in [0.717, 1.165) is 15.8 Å². The fourth-order valence-electron chi connectivity index (χ4n) is 2.09. The van der Waals surface area contributed by atoms with Crippen LogP contribution in [-0.4, -0.2) is 9.78 Å². The Bertz CT molecular complexity index is 741. The second-order valence-corrected chi connectivity index (χ2v) is 5.85. The average molecular weight is 363 g/mol. The maximum absolute atomic E-state index is 6.11. The van der Waals surface area contributed by atoms with Gasteiger partial charge >= 0.3 is 0 Å². The van der Waals surface area contributed by atoms with E-state index in [-0.39, 0.29) is 0 Å². The largest absolute Gasteiger partial charge is 0.379 e. The number of aromatic nitrogens is 2. The van der Waals surface area contributed by atoms with E-state index >= 15 is 0 Å². The molecule has 1 aromatic heterocycles. The van der Waals surface area contributed by atoms with Gasteiger partial charge in [-0.1, -0.05) is 45.7 Å². The molecule has 0 aliphatic rings. The van der Waals surface area contributed by atoms with E-state index in [4.69, 9.17) is 11.6 Å². The molecule has 0 saturated heterocycles. The van der Waals surface area contributed by atoms with Gasteiger partial charge in [0.05, 0.1) is 11.4 Å². The molecule has 5 heteroatoms. The number of benzene rings is 2. The predicted octanol–water partition coefficient (Wildman–Crippen LogP) is 4.90. The zero-order chi connectivity index (χ0) is 14.7. The van der Waals surface area contributed by atoms with Crippen molar-refractivity contribution in [2.24, 2.45) is 0 Å². The molecule has 2 aromatic carbocycles. The molecule has 3 rings (SSSR count). The van der Waals surface area contributed by atoms with Gasteiger partial charge in [-0.15, -0.1) is 0 Å². The second kappa shape index (κ2) is 6.33. The molecule has 3 aromatic rings. The number of nitrogens with zero attached hydrogens (tertiary/aromatic N) is 2. The minimum atomic E-state index is 0.695. The first-order valence-corrected chi connectivity index (χ1v) is 7.68. The van der Waals surface area contributed by atoms with Gasteiger partial charge in [-0.2, -0.15) is 5.10 Å².